The molecule has 0 N–H and O–H groups in total. The number of hydrogen-bond acceptors (Lipinski definition) is 4. The van der Waals surface area contributed by atoms with Crippen LogP contribution in [-0.2, 0) is 9.53 Å². The number of nitrogens with zero attached hydrogens (tertiary/aromatic N) is 1. The van der Waals surface area contributed by atoms with Crippen molar-refractivity contribution in [3.63, 3.8) is 0 Å². The SMILES string of the molecule is CCOC(=O)c1ccsc1N1CCC(Br)C1=O. The van der Waals surface area contributed by atoms with Crippen molar-refractivity contribution in [1.29, 1.82) is 0 Å². The van der Waals surface area contributed by atoms with E-state index in [0.717, 1.165) is 6.42 Å². The molecule has 17 heavy (non-hydrogen) atoms. The highest BCUT2D eigenvalue weighted by Crippen LogP contribution is 2.33. The third-order valence-electron chi connectivity index (χ3n) is 2.53. The van der Waals surface area contributed by atoms with Crippen molar-refractivity contribution in [2.24, 2.45) is 0 Å². The van der Waals surface area contributed by atoms with E-state index in [1.165, 1.54) is 11.3 Å². The van der Waals surface area contributed by atoms with Gasteiger partial charge < -0.3 is 9.64 Å². The molecule has 4 nitrogen and oxygen atoms in total. The summed E-state index contributed by atoms with van der Waals surface area (Å²) >= 11 is 4.71. The molecule has 0 aliphatic carbocycles. The monoisotopic (exact) mass is 317 g/mol. The Morgan fingerprint density at radius 3 is 3.06 bits per heavy atom. The lowest BCUT2D eigenvalue weighted by atomic mass is 10.3. The molecule has 1 atom stereocenters. The molecule has 1 amide bonds. The molecule has 0 radical (unpaired) electrons. The Bertz CT molecular complexity index is 446. The maximum Gasteiger partial charge on any atom is 0.341 e. The van der Waals surface area contributed by atoms with Gasteiger partial charge in [-0.3, -0.25) is 4.79 Å². The van der Waals surface area contributed by atoms with Crippen LogP contribution in [0.5, 0.6) is 0 Å². The number of halogens is 1. The van der Waals surface area contributed by atoms with Gasteiger partial charge in [0.2, 0.25) is 5.91 Å². The Balaban J connectivity index is 2.25. The molecule has 1 aromatic heterocycles. The minimum absolute atomic E-state index is 0.0120. The van der Waals surface area contributed by atoms with E-state index in [1.807, 2.05) is 0 Å². The van der Waals surface area contributed by atoms with Crippen LogP contribution in [-0.4, -0.2) is 29.9 Å². The molecule has 6 heteroatoms. The van der Waals surface area contributed by atoms with Crippen molar-refractivity contribution < 1.29 is 14.3 Å². The molecule has 92 valence electrons. The van der Waals surface area contributed by atoms with Crippen molar-refractivity contribution in [3.05, 3.63) is 17.0 Å². The fourth-order valence-electron chi connectivity index (χ4n) is 1.72. The standard InChI is InChI=1S/C11H12BrNO3S/c1-2-16-11(15)7-4-6-17-10(7)13-5-3-8(12)9(13)14/h4,6,8H,2-3,5H2,1H3. The van der Waals surface area contributed by atoms with E-state index in [4.69, 9.17) is 4.74 Å². The van der Waals surface area contributed by atoms with Crippen LogP contribution >= 0.6 is 27.3 Å². The number of rotatable bonds is 3. The van der Waals surface area contributed by atoms with Crippen LogP contribution in [0.15, 0.2) is 11.4 Å². The summed E-state index contributed by atoms with van der Waals surface area (Å²) in [5, 5.41) is 2.49. The molecule has 1 fully saturated rings. The molecule has 2 rings (SSSR count). The van der Waals surface area contributed by atoms with E-state index in [2.05, 4.69) is 15.9 Å². The van der Waals surface area contributed by atoms with Crippen LogP contribution in [0.3, 0.4) is 0 Å². The zero-order valence-electron chi connectivity index (χ0n) is 9.31. The first-order valence-electron chi connectivity index (χ1n) is 5.35. The summed E-state index contributed by atoms with van der Waals surface area (Å²) in [6.45, 7) is 2.74. The van der Waals surface area contributed by atoms with Crippen LogP contribution in [0.1, 0.15) is 23.7 Å². The Labute approximate surface area is 112 Å². The molecular weight excluding hydrogens is 306 g/mol. The van der Waals surface area contributed by atoms with Crippen molar-refractivity contribution in [2.75, 3.05) is 18.1 Å². The van der Waals surface area contributed by atoms with Gasteiger partial charge in [0.15, 0.2) is 0 Å². The summed E-state index contributed by atoms with van der Waals surface area (Å²) in [7, 11) is 0. The van der Waals surface area contributed by atoms with E-state index in [0.29, 0.717) is 23.7 Å². The average Bonchev–Trinajstić information content (AvgIpc) is 2.88. The second-order valence-corrected chi connectivity index (χ2v) is 5.61. The summed E-state index contributed by atoms with van der Waals surface area (Å²) in [6, 6.07) is 1.70. The fraction of sp³-hybridized carbons (Fsp3) is 0.455. The van der Waals surface area contributed by atoms with Crippen LogP contribution in [0.25, 0.3) is 0 Å². The van der Waals surface area contributed by atoms with Gasteiger partial charge >= 0.3 is 5.97 Å². The minimum Gasteiger partial charge on any atom is -0.462 e. The normalized spacial score (nSPS) is 19.8. The maximum atomic E-state index is 11.9. The van der Waals surface area contributed by atoms with E-state index in [-0.39, 0.29) is 16.7 Å². The Kier molecular flexibility index (Phi) is 3.83. The molecule has 1 aromatic rings. The number of esters is 1. The number of hydrogen-bond donors (Lipinski definition) is 0. The van der Waals surface area contributed by atoms with Crippen LogP contribution in [0.2, 0.25) is 0 Å². The number of ether oxygens (including phenoxy) is 1. The van der Waals surface area contributed by atoms with E-state index < -0.39 is 0 Å². The fourth-order valence-corrected chi connectivity index (χ4v) is 3.09. The number of alkyl halides is 1. The van der Waals surface area contributed by atoms with Gasteiger partial charge in [-0.25, -0.2) is 4.79 Å². The van der Waals surface area contributed by atoms with Crippen molar-refractivity contribution >= 4 is 44.1 Å². The Hall–Kier alpha value is -0.880. The van der Waals surface area contributed by atoms with Crippen molar-refractivity contribution in [1.82, 2.24) is 0 Å². The highest BCUT2D eigenvalue weighted by Gasteiger charge is 2.33. The molecule has 1 aliphatic rings. The van der Waals surface area contributed by atoms with Crippen molar-refractivity contribution in [3.8, 4) is 0 Å². The van der Waals surface area contributed by atoms with Gasteiger partial charge in [-0.1, -0.05) is 15.9 Å². The summed E-state index contributed by atoms with van der Waals surface area (Å²) < 4.78 is 4.97. The van der Waals surface area contributed by atoms with Crippen LogP contribution in [0.4, 0.5) is 5.00 Å². The van der Waals surface area contributed by atoms with Gasteiger partial charge in [-0.2, -0.15) is 0 Å². The smallest absolute Gasteiger partial charge is 0.341 e. The Morgan fingerprint density at radius 2 is 2.47 bits per heavy atom. The molecule has 1 unspecified atom stereocenters. The van der Waals surface area contributed by atoms with Gasteiger partial charge in [-0.05, 0) is 24.8 Å². The molecule has 0 aromatic carbocycles. The molecule has 0 saturated carbocycles. The van der Waals surface area contributed by atoms with Gasteiger partial charge in [0.05, 0.1) is 17.0 Å². The summed E-state index contributed by atoms with van der Waals surface area (Å²) in [5.74, 6) is -0.354. The Morgan fingerprint density at radius 1 is 1.71 bits per heavy atom. The average molecular weight is 318 g/mol. The van der Waals surface area contributed by atoms with E-state index in [1.54, 1.807) is 23.3 Å². The number of carbonyl (C=O) groups excluding carboxylic acids is 2. The second kappa shape index (κ2) is 5.18. The molecule has 2 heterocycles. The van der Waals surface area contributed by atoms with Crippen LogP contribution in [0, 0.1) is 0 Å². The topological polar surface area (TPSA) is 46.6 Å². The first-order valence-corrected chi connectivity index (χ1v) is 7.14. The van der Waals surface area contributed by atoms with Crippen molar-refractivity contribution in [2.45, 2.75) is 18.2 Å². The number of anilines is 1. The molecule has 0 spiro atoms. The summed E-state index contributed by atoms with van der Waals surface area (Å²) in [5.41, 5.74) is 0.479. The molecule has 1 aliphatic heterocycles. The van der Waals surface area contributed by atoms with Crippen LogP contribution < -0.4 is 4.90 Å². The first-order chi connectivity index (χ1) is 8.15. The zero-order valence-corrected chi connectivity index (χ0v) is 11.7. The van der Waals surface area contributed by atoms with Gasteiger partial charge in [0.25, 0.3) is 0 Å². The van der Waals surface area contributed by atoms with Gasteiger partial charge in [0, 0.05) is 6.54 Å². The lowest BCUT2D eigenvalue weighted by Gasteiger charge is -2.15. The quantitative estimate of drug-likeness (QED) is 0.635. The number of carbonyl (C=O) groups is 2. The maximum absolute atomic E-state index is 11.9. The number of amides is 1. The summed E-state index contributed by atoms with van der Waals surface area (Å²) in [6.07, 6.45) is 0.763. The molecule has 1 saturated heterocycles. The zero-order chi connectivity index (χ0) is 12.4. The predicted molar refractivity (Wildman–Crippen MR) is 70.0 cm³/mol. The summed E-state index contributed by atoms with van der Waals surface area (Å²) in [4.78, 5) is 25.1. The third-order valence-corrected chi connectivity index (χ3v) is 4.31. The van der Waals surface area contributed by atoms with Gasteiger partial charge in [-0.15, -0.1) is 11.3 Å². The predicted octanol–water partition coefficient (Wildman–Crippen LogP) is 2.43. The van der Waals surface area contributed by atoms with Gasteiger partial charge in [0.1, 0.15) is 5.00 Å². The third kappa shape index (κ3) is 2.37. The highest BCUT2D eigenvalue weighted by molar-refractivity contribution is 9.10. The second-order valence-electron chi connectivity index (χ2n) is 3.61. The highest BCUT2D eigenvalue weighted by atomic mass is 79.9. The largest absolute Gasteiger partial charge is 0.462 e. The first kappa shape index (κ1) is 12.6. The van der Waals surface area contributed by atoms with E-state index in [9.17, 15) is 9.59 Å². The lowest BCUT2D eigenvalue weighted by molar-refractivity contribution is -0.116. The lowest BCUT2D eigenvalue weighted by Crippen LogP contribution is -2.27. The minimum atomic E-state index is -0.366. The molecular formula is C11H12BrNO3S. The molecule has 0 bridgehead atoms. The van der Waals surface area contributed by atoms with E-state index >= 15 is 0 Å². The number of thiophene rings is 1.